The first-order chi connectivity index (χ1) is 8.73. The zero-order chi connectivity index (χ0) is 14.7. The molecule has 19 heavy (non-hydrogen) atoms. The molecule has 0 spiro atoms. The van der Waals surface area contributed by atoms with Crippen molar-refractivity contribution in [3.63, 3.8) is 0 Å². The van der Waals surface area contributed by atoms with Gasteiger partial charge in [0.1, 0.15) is 0 Å². The molecule has 12 nitrogen and oxygen atoms in total. The van der Waals surface area contributed by atoms with Crippen molar-refractivity contribution in [2.24, 2.45) is 0 Å². The van der Waals surface area contributed by atoms with Crippen molar-refractivity contribution < 1.29 is 14.8 Å². The third-order valence-electron chi connectivity index (χ3n) is 2.06. The summed E-state index contributed by atoms with van der Waals surface area (Å²) in [5.41, 5.74) is -0.0413. The Hall–Kier alpha value is -2.92. The number of hydrogen-bond acceptors (Lipinski definition) is 8. The van der Waals surface area contributed by atoms with E-state index in [1.165, 1.54) is 13.8 Å². The average Bonchev–Trinajstić information content (AvgIpc) is 2.68. The molecular formula is C7H8N6O6. The van der Waals surface area contributed by atoms with E-state index in [1.54, 1.807) is 0 Å². The van der Waals surface area contributed by atoms with Gasteiger partial charge in [-0.25, -0.2) is 0 Å². The highest BCUT2D eigenvalue weighted by Gasteiger charge is 2.31. The molecule has 0 saturated heterocycles. The van der Waals surface area contributed by atoms with Crippen LogP contribution >= 0.6 is 0 Å². The predicted octanol–water partition coefficient (Wildman–Crippen LogP) is 0.665. The van der Waals surface area contributed by atoms with Gasteiger partial charge in [-0.05, 0) is 23.7 Å². The van der Waals surface area contributed by atoms with Gasteiger partial charge >= 0.3 is 11.9 Å². The largest absolute Gasteiger partial charge is 0.508 e. The first-order valence-corrected chi connectivity index (χ1v) is 4.78. The fourth-order valence-electron chi connectivity index (χ4n) is 1.18. The molecule has 1 aromatic heterocycles. The van der Waals surface area contributed by atoms with E-state index in [1.807, 2.05) is 0 Å². The summed E-state index contributed by atoms with van der Waals surface area (Å²) in [6.45, 7) is 2.30. The van der Waals surface area contributed by atoms with Crippen molar-refractivity contribution in [1.29, 1.82) is 0 Å². The summed E-state index contributed by atoms with van der Waals surface area (Å²) in [7, 11) is 0. The number of rotatable bonds is 5. The van der Waals surface area contributed by atoms with Crippen molar-refractivity contribution >= 4 is 11.9 Å². The number of nitro groups is 3. The molecule has 0 aromatic carbocycles. The van der Waals surface area contributed by atoms with Crippen LogP contribution in [0, 0.1) is 30.3 Å². The third-order valence-corrected chi connectivity index (χ3v) is 2.06. The van der Waals surface area contributed by atoms with Gasteiger partial charge in [-0.15, -0.1) is 0 Å². The van der Waals surface area contributed by atoms with Gasteiger partial charge in [0.2, 0.25) is 0 Å². The summed E-state index contributed by atoms with van der Waals surface area (Å²) in [6, 6.07) is 0. The minimum atomic E-state index is -1.02. The van der Waals surface area contributed by atoms with Crippen molar-refractivity contribution in [2.45, 2.75) is 20.4 Å². The Labute approximate surface area is 104 Å². The summed E-state index contributed by atoms with van der Waals surface area (Å²) < 4.78 is 0.517. The quantitative estimate of drug-likeness (QED) is 0.557. The Morgan fingerprint density at radius 1 is 1.16 bits per heavy atom. The lowest BCUT2D eigenvalue weighted by Gasteiger charge is -1.97. The molecule has 102 valence electrons. The molecule has 12 heteroatoms. The molecule has 0 fully saturated rings. The molecule has 0 saturated carbocycles. The normalized spacial score (nSPS) is 10.0. The van der Waals surface area contributed by atoms with Crippen molar-refractivity contribution in [1.82, 2.24) is 14.8 Å². The van der Waals surface area contributed by atoms with Gasteiger partial charge in [-0.3, -0.25) is 10.1 Å². The number of allylic oxidation sites excluding steroid dienone is 2. The highest BCUT2D eigenvalue weighted by atomic mass is 16.6. The van der Waals surface area contributed by atoms with E-state index in [4.69, 9.17) is 0 Å². The van der Waals surface area contributed by atoms with Crippen LogP contribution < -0.4 is 0 Å². The van der Waals surface area contributed by atoms with Crippen LogP contribution in [0.1, 0.15) is 13.8 Å². The molecule has 0 unspecified atom stereocenters. The van der Waals surface area contributed by atoms with E-state index in [0.29, 0.717) is 10.3 Å². The first kappa shape index (κ1) is 14.1. The molecule has 1 rings (SSSR count). The zero-order valence-electron chi connectivity index (χ0n) is 9.84. The summed E-state index contributed by atoms with van der Waals surface area (Å²) in [5.74, 6) is -1.91. The van der Waals surface area contributed by atoms with E-state index >= 15 is 0 Å². The number of aromatic nitrogens is 3. The molecule has 0 amide bonds. The molecule has 0 N–H and O–H groups in total. The summed E-state index contributed by atoms with van der Waals surface area (Å²) in [4.78, 5) is 32.2. The molecule has 0 aliphatic heterocycles. The number of hydrogen-bond donors (Lipinski definition) is 0. The standard InChI is InChI=1S/C7H8N6O6/c1-4(2)5(11(14)15)3-10-7(13(18)19)8-6(9-10)12(16)17/h3H2,1-2H3. The van der Waals surface area contributed by atoms with Gasteiger partial charge in [0.15, 0.2) is 6.54 Å². The van der Waals surface area contributed by atoms with Crippen LogP contribution in [0.25, 0.3) is 0 Å². The van der Waals surface area contributed by atoms with Gasteiger partial charge in [0.05, 0.1) is 10.0 Å². The van der Waals surface area contributed by atoms with Crippen molar-refractivity contribution in [3.8, 4) is 0 Å². The van der Waals surface area contributed by atoms with Crippen LogP contribution in [-0.4, -0.2) is 29.5 Å². The smallest absolute Gasteiger partial charge is 0.390 e. The molecule has 0 aliphatic carbocycles. The van der Waals surface area contributed by atoms with Crippen LogP contribution in [0.5, 0.6) is 0 Å². The molecule has 0 radical (unpaired) electrons. The topological polar surface area (TPSA) is 160 Å². The zero-order valence-corrected chi connectivity index (χ0v) is 9.84. The fraction of sp³-hybridized carbons (Fsp3) is 0.429. The summed E-state index contributed by atoms with van der Waals surface area (Å²) in [6.07, 6.45) is 0. The van der Waals surface area contributed by atoms with Gasteiger partial charge in [0.25, 0.3) is 5.70 Å². The second kappa shape index (κ2) is 5.16. The molecule has 0 bridgehead atoms. The van der Waals surface area contributed by atoms with E-state index in [2.05, 4.69) is 10.1 Å². The minimum Gasteiger partial charge on any atom is -0.390 e. The van der Waals surface area contributed by atoms with Crippen molar-refractivity contribution in [2.75, 3.05) is 0 Å². The Morgan fingerprint density at radius 2 is 1.74 bits per heavy atom. The Kier molecular flexibility index (Phi) is 3.84. The van der Waals surface area contributed by atoms with Crippen LogP contribution in [0.15, 0.2) is 11.3 Å². The average molecular weight is 272 g/mol. The minimum absolute atomic E-state index is 0.303. The Bertz CT molecular complexity index is 585. The van der Waals surface area contributed by atoms with Crippen LogP contribution in [0.3, 0.4) is 0 Å². The third kappa shape index (κ3) is 3.05. The van der Waals surface area contributed by atoms with E-state index in [9.17, 15) is 30.3 Å². The number of nitrogens with zero attached hydrogens (tertiary/aromatic N) is 6. The second-order valence-electron chi connectivity index (χ2n) is 3.59. The Balaban J connectivity index is 3.27. The van der Waals surface area contributed by atoms with Crippen molar-refractivity contribution in [3.05, 3.63) is 41.6 Å². The van der Waals surface area contributed by atoms with Gasteiger partial charge in [-0.2, -0.15) is 0 Å². The molecule has 1 heterocycles. The maximum absolute atomic E-state index is 10.7. The maximum Gasteiger partial charge on any atom is 0.508 e. The van der Waals surface area contributed by atoms with E-state index in [-0.39, 0.29) is 5.70 Å². The van der Waals surface area contributed by atoms with Crippen LogP contribution in [0.4, 0.5) is 11.9 Å². The molecular weight excluding hydrogens is 264 g/mol. The van der Waals surface area contributed by atoms with Crippen LogP contribution in [-0.2, 0) is 6.54 Å². The summed E-state index contributed by atoms with van der Waals surface area (Å²) in [5, 5.41) is 35.1. The SMILES string of the molecule is CC(C)=C(Cn1nc([N+](=O)[O-])nc1[N+](=O)[O-])[N+](=O)[O-]. The predicted molar refractivity (Wildman–Crippen MR) is 58.7 cm³/mol. The first-order valence-electron chi connectivity index (χ1n) is 4.78. The Morgan fingerprint density at radius 3 is 2.11 bits per heavy atom. The highest BCUT2D eigenvalue weighted by Crippen LogP contribution is 2.16. The van der Waals surface area contributed by atoms with E-state index < -0.39 is 33.2 Å². The van der Waals surface area contributed by atoms with Gasteiger partial charge < -0.3 is 20.2 Å². The van der Waals surface area contributed by atoms with E-state index in [0.717, 1.165) is 0 Å². The van der Waals surface area contributed by atoms with Gasteiger partial charge in [-0.1, -0.05) is 4.68 Å². The van der Waals surface area contributed by atoms with Gasteiger partial charge in [0, 0.05) is 10.6 Å². The monoisotopic (exact) mass is 272 g/mol. The summed E-state index contributed by atoms with van der Waals surface area (Å²) >= 11 is 0. The highest BCUT2D eigenvalue weighted by molar-refractivity contribution is 5.16. The fourth-order valence-corrected chi connectivity index (χ4v) is 1.18. The molecule has 0 atom stereocenters. The molecule has 1 aromatic rings. The second-order valence-corrected chi connectivity index (χ2v) is 3.59. The lowest BCUT2D eigenvalue weighted by Crippen LogP contribution is -2.13. The lowest BCUT2D eigenvalue weighted by molar-refractivity contribution is -0.432. The lowest BCUT2D eigenvalue weighted by atomic mass is 10.2. The molecule has 0 aliphatic rings. The maximum atomic E-state index is 10.7. The van der Waals surface area contributed by atoms with Crippen LogP contribution in [0.2, 0.25) is 0 Å².